The molecular formula is C26H21ClN2O4. The van der Waals surface area contributed by atoms with Crippen molar-refractivity contribution in [1.29, 1.82) is 5.26 Å². The minimum atomic E-state index is -0.522. The number of hydrogen-bond acceptors (Lipinski definition) is 6. The Kier molecular flexibility index (Phi) is 6.25. The summed E-state index contributed by atoms with van der Waals surface area (Å²) in [5.41, 5.74) is 8.12. The Morgan fingerprint density at radius 3 is 2.42 bits per heavy atom. The van der Waals surface area contributed by atoms with Gasteiger partial charge in [0, 0.05) is 16.7 Å². The van der Waals surface area contributed by atoms with Crippen molar-refractivity contribution < 1.29 is 19.0 Å². The maximum absolute atomic E-state index is 12.6. The molecule has 0 aliphatic carbocycles. The molecule has 0 saturated heterocycles. The Labute approximate surface area is 196 Å². The molecule has 3 aromatic carbocycles. The van der Waals surface area contributed by atoms with Crippen LogP contribution in [0.5, 0.6) is 17.2 Å². The second kappa shape index (κ2) is 9.27. The smallest absolute Gasteiger partial charge is 0.343 e. The number of fused-ring (bicyclic) bond motifs is 1. The molecule has 0 aromatic heterocycles. The van der Waals surface area contributed by atoms with Crippen LogP contribution in [0.2, 0.25) is 5.02 Å². The zero-order valence-corrected chi connectivity index (χ0v) is 18.8. The van der Waals surface area contributed by atoms with Crippen molar-refractivity contribution in [2.45, 2.75) is 25.9 Å². The topological polar surface area (TPSA) is 94.6 Å². The average Bonchev–Trinajstić information content (AvgIpc) is 2.78. The Bertz CT molecular complexity index is 1280. The van der Waals surface area contributed by atoms with E-state index in [1.54, 1.807) is 48.5 Å². The molecule has 166 valence electrons. The average molecular weight is 461 g/mol. The van der Waals surface area contributed by atoms with E-state index in [4.69, 9.17) is 31.5 Å². The van der Waals surface area contributed by atoms with Crippen molar-refractivity contribution in [1.82, 2.24) is 0 Å². The molecule has 0 fully saturated rings. The van der Waals surface area contributed by atoms with Gasteiger partial charge in [0.2, 0.25) is 5.88 Å². The number of nitrogens with zero attached hydrogens (tertiary/aromatic N) is 1. The maximum atomic E-state index is 12.6. The van der Waals surface area contributed by atoms with Crippen LogP contribution in [-0.4, -0.2) is 12.1 Å². The highest BCUT2D eigenvalue weighted by Gasteiger charge is 2.32. The first-order valence-electron chi connectivity index (χ1n) is 10.3. The number of nitriles is 1. The van der Waals surface area contributed by atoms with Gasteiger partial charge in [-0.2, -0.15) is 5.26 Å². The third-order valence-electron chi connectivity index (χ3n) is 5.08. The van der Waals surface area contributed by atoms with Crippen molar-refractivity contribution in [3.63, 3.8) is 0 Å². The van der Waals surface area contributed by atoms with Gasteiger partial charge in [-0.15, -0.1) is 0 Å². The van der Waals surface area contributed by atoms with Crippen LogP contribution in [0.15, 0.2) is 78.2 Å². The Morgan fingerprint density at radius 1 is 1.06 bits per heavy atom. The predicted molar refractivity (Wildman–Crippen MR) is 124 cm³/mol. The zero-order valence-electron chi connectivity index (χ0n) is 18.0. The number of carbonyl (C=O) groups is 1. The first-order valence-corrected chi connectivity index (χ1v) is 10.7. The van der Waals surface area contributed by atoms with E-state index in [9.17, 15) is 10.1 Å². The summed E-state index contributed by atoms with van der Waals surface area (Å²) < 4.78 is 16.8. The molecule has 3 aromatic rings. The highest BCUT2D eigenvalue weighted by molar-refractivity contribution is 6.31. The highest BCUT2D eigenvalue weighted by Crippen LogP contribution is 2.45. The molecule has 2 N–H and O–H groups in total. The quantitative estimate of drug-likeness (QED) is 0.395. The van der Waals surface area contributed by atoms with E-state index in [1.807, 2.05) is 32.0 Å². The predicted octanol–water partition coefficient (Wildman–Crippen LogP) is 5.56. The van der Waals surface area contributed by atoms with Gasteiger partial charge in [-0.05, 0) is 55.8 Å². The van der Waals surface area contributed by atoms with Gasteiger partial charge in [-0.25, -0.2) is 4.79 Å². The SMILES string of the molecule is CC(C)Oc1ccc(C(=O)Oc2ccc3c(c2)OC(N)=C(C#N)C3c2ccccc2Cl)cc1. The number of benzene rings is 3. The van der Waals surface area contributed by atoms with E-state index < -0.39 is 11.9 Å². The van der Waals surface area contributed by atoms with Gasteiger partial charge in [0.1, 0.15) is 28.9 Å². The standard InChI is InChI=1S/C26H21ClN2O4/c1-15(2)31-17-9-7-16(8-10-17)26(30)32-18-11-12-20-23(13-18)33-25(29)21(14-28)24(20)19-5-3-4-6-22(19)27/h3-13,15,24H,29H2,1-2H3. The largest absolute Gasteiger partial charge is 0.491 e. The van der Waals surface area contributed by atoms with Crippen LogP contribution in [-0.2, 0) is 0 Å². The molecule has 33 heavy (non-hydrogen) atoms. The van der Waals surface area contributed by atoms with Crippen molar-refractivity contribution in [2.75, 3.05) is 0 Å². The number of hydrogen-bond donors (Lipinski definition) is 1. The summed E-state index contributed by atoms with van der Waals surface area (Å²) >= 11 is 6.41. The second-order valence-corrected chi connectivity index (χ2v) is 8.13. The number of nitrogens with two attached hydrogens (primary N) is 1. The fraction of sp³-hybridized carbons (Fsp3) is 0.154. The van der Waals surface area contributed by atoms with Crippen LogP contribution in [0.4, 0.5) is 0 Å². The lowest BCUT2D eigenvalue weighted by Crippen LogP contribution is -2.21. The molecule has 7 heteroatoms. The van der Waals surface area contributed by atoms with Crippen molar-refractivity contribution in [2.24, 2.45) is 5.73 Å². The van der Waals surface area contributed by atoms with Crippen LogP contribution in [0, 0.1) is 11.3 Å². The summed E-state index contributed by atoms with van der Waals surface area (Å²) in [5.74, 6) is 0.315. The molecule has 0 amide bonds. The van der Waals surface area contributed by atoms with Gasteiger partial charge >= 0.3 is 5.97 Å². The number of halogens is 1. The van der Waals surface area contributed by atoms with Crippen LogP contribution >= 0.6 is 11.6 Å². The fourth-order valence-electron chi connectivity index (χ4n) is 3.64. The van der Waals surface area contributed by atoms with Crippen molar-refractivity contribution in [3.05, 3.63) is 99.9 Å². The molecule has 4 rings (SSSR count). The van der Waals surface area contributed by atoms with Crippen LogP contribution in [0.3, 0.4) is 0 Å². The zero-order chi connectivity index (χ0) is 23.5. The molecule has 1 aliphatic rings. The van der Waals surface area contributed by atoms with Crippen molar-refractivity contribution >= 4 is 17.6 Å². The lowest BCUT2D eigenvalue weighted by molar-refractivity contribution is 0.0734. The Hall–Kier alpha value is -3.95. The maximum Gasteiger partial charge on any atom is 0.343 e. The lowest BCUT2D eigenvalue weighted by atomic mass is 9.83. The first-order chi connectivity index (χ1) is 15.9. The summed E-state index contributed by atoms with van der Waals surface area (Å²) in [6.07, 6.45) is 0.0379. The van der Waals surface area contributed by atoms with E-state index in [-0.39, 0.29) is 23.3 Å². The molecule has 0 saturated carbocycles. The normalized spacial score (nSPS) is 14.8. The number of allylic oxidation sites excluding steroid dienone is 1. The minimum absolute atomic E-state index is 0.0147. The van der Waals surface area contributed by atoms with E-state index in [0.717, 1.165) is 5.56 Å². The number of ether oxygens (including phenoxy) is 3. The van der Waals surface area contributed by atoms with Gasteiger partial charge in [0.15, 0.2) is 0 Å². The second-order valence-electron chi connectivity index (χ2n) is 7.73. The van der Waals surface area contributed by atoms with Gasteiger partial charge in [0.25, 0.3) is 0 Å². The van der Waals surface area contributed by atoms with Crippen molar-refractivity contribution in [3.8, 4) is 23.3 Å². The van der Waals surface area contributed by atoms with Gasteiger partial charge in [0.05, 0.1) is 17.6 Å². The molecule has 0 radical (unpaired) electrons. The number of carbonyl (C=O) groups excluding carboxylic acids is 1. The summed E-state index contributed by atoms with van der Waals surface area (Å²) in [6, 6.07) is 21.1. The molecule has 0 bridgehead atoms. The van der Waals surface area contributed by atoms with Gasteiger partial charge in [-0.1, -0.05) is 35.9 Å². The van der Waals surface area contributed by atoms with Gasteiger partial charge < -0.3 is 19.9 Å². The van der Waals surface area contributed by atoms with Gasteiger partial charge in [-0.3, -0.25) is 0 Å². The van der Waals surface area contributed by atoms with Crippen LogP contribution in [0.1, 0.15) is 41.3 Å². The summed E-state index contributed by atoms with van der Waals surface area (Å²) in [5, 5.41) is 10.2. The third kappa shape index (κ3) is 4.64. The summed E-state index contributed by atoms with van der Waals surface area (Å²) in [7, 11) is 0. The fourth-order valence-corrected chi connectivity index (χ4v) is 3.88. The van der Waals surface area contributed by atoms with E-state index in [0.29, 0.717) is 27.6 Å². The van der Waals surface area contributed by atoms with E-state index >= 15 is 0 Å². The molecule has 1 atom stereocenters. The molecule has 6 nitrogen and oxygen atoms in total. The first kappa shape index (κ1) is 22.3. The lowest BCUT2D eigenvalue weighted by Gasteiger charge is -2.27. The van der Waals surface area contributed by atoms with E-state index in [1.165, 1.54) is 0 Å². The van der Waals surface area contributed by atoms with Crippen LogP contribution in [0.25, 0.3) is 0 Å². The summed E-state index contributed by atoms with van der Waals surface area (Å²) in [4.78, 5) is 12.6. The molecule has 0 spiro atoms. The Balaban J connectivity index is 1.61. The molecule has 1 aliphatic heterocycles. The Morgan fingerprint density at radius 2 is 1.76 bits per heavy atom. The third-order valence-corrected chi connectivity index (χ3v) is 5.42. The molecule has 1 heterocycles. The monoisotopic (exact) mass is 460 g/mol. The van der Waals surface area contributed by atoms with E-state index in [2.05, 4.69) is 6.07 Å². The number of esters is 1. The summed E-state index contributed by atoms with van der Waals surface area (Å²) in [6.45, 7) is 3.86. The number of rotatable bonds is 5. The van der Waals surface area contributed by atoms with Crippen LogP contribution < -0.4 is 19.9 Å². The highest BCUT2D eigenvalue weighted by atomic mass is 35.5. The molecule has 1 unspecified atom stereocenters. The molecular weight excluding hydrogens is 440 g/mol. The minimum Gasteiger partial charge on any atom is -0.491 e.